The van der Waals surface area contributed by atoms with E-state index in [-0.39, 0.29) is 6.61 Å². The van der Waals surface area contributed by atoms with Crippen molar-refractivity contribution in [3.05, 3.63) is 23.9 Å². The Morgan fingerprint density at radius 2 is 2.43 bits per heavy atom. The Bertz CT molecular complexity index is 414. The largest absolute Gasteiger partial charge is 0.396 e. The Kier molecular flexibility index (Phi) is 6.92. The number of aliphatic hydroxyl groups excluding tert-OH is 1. The summed E-state index contributed by atoms with van der Waals surface area (Å²) in [6, 6.07) is 4.66. The second kappa shape index (κ2) is 8.97. The molecule has 2 N–H and O–H groups in total. The zero-order valence-corrected chi connectivity index (χ0v) is 12.9. The van der Waals surface area contributed by atoms with E-state index in [1.165, 1.54) is 18.4 Å². The number of pyridine rings is 1. The summed E-state index contributed by atoms with van der Waals surface area (Å²) in [4.78, 5) is 7.03. The van der Waals surface area contributed by atoms with Crippen LogP contribution in [-0.4, -0.2) is 49.5 Å². The van der Waals surface area contributed by atoms with Crippen molar-refractivity contribution in [3.63, 3.8) is 0 Å². The van der Waals surface area contributed by atoms with E-state index in [2.05, 4.69) is 21.3 Å². The molecule has 0 radical (unpaired) electrons. The van der Waals surface area contributed by atoms with E-state index in [0.29, 0.717) is 6.04 Å². The average molecular weight is 293 g/mol. The number of ether oxygens (including phenoxy) is 1. The minimum Gasteiger partial charge on any atom is -0.396 e. The fourth-order valence-electron chi connectivity index (χ4n) is 2.97. The quantitative estimate of drug-likeness (QED) is 0.677. The molecule has 0 aromatic carbocycles. The van der Waals surface area contributed by atoms with E-state index in [0.717, 1.165) is 44.9 Å². The van der Waals surface area contributed by atoms with Crippen molar-refractivity contribution >= 4 is 5.82 Å². The molecular formula is C16H27N3O2. The lowest BCUT2D eigenvalue weighted by Crippen LogP contribution is -2.32. The molecule has 2 heterocycles. The number of rotatable bonds is 9. The zero-order valence-electron chi connectivity index (χ0n) is 12.9. The molecule has 0 saturated carbocycles. The van der Waals surface area contributed by atoms with Crippen molar-refractivity contribution in [2.24, 2.45) is 0 Å². The van der Waals surface area contributed by atoms with Crippen LogP contribution in [0.5, 0.6) is 0 Å². The molecule has 1 aromatic heterocycles. The Hall–Kier alpha value is -1.17. The van der Waals surface area contributed by atoms with Gasteiger partial charge < -0.3 is 20.1 Å². The van der Waals surface area contributed by atoms with E-state index in [1.807, 2.05) is 12.3 Å². The van der Waals surface area contributed by atoms with Gasteiger partial charge in [-0.15, -0.1) is 0 Å². The van der Waals surface area contributed by atoms with Crippen molar-refractivity contribution in [1.82, 2.24) is 10.3 Å². The molecule has 0 aliphatic carbocycles. The van der Waals surface area contributed by atoms with Crippen LogP contribution in [0.4, 0.5) is 5.82 Å². The van der Waals surface area contributed by atoms with Gasteiger partial charge in [0.05, 0.1) is 6.61 Å². The van der Waals surface area contributed by atoms with Gasteiger partial charge in [-0.25, -0.2) is 4.98 Å². The lowest BCUT2D eigenvalue weighted by molar-refractivity contribution is 0.199. The fourth-order valence-corrected chi connectivity index (χ4v) is 2.97. The summed E-state index contributed by atoms with van der Waals surface area (Å²) < 4.78 is 5.06. The molecule has 0 bridgehead atoms. The number of aromatic nitrogens is 1. The van der Waals surface area contributed by atoms with Crippen molar-refractivity contribution in [2.45, 2.75) is 38.3 Å². The highest BCUT2D eigenvalue weighted by Crippen LogP contribution is 2.28. The van der Waals surface area contributed by atoms with Gasteiger partial charge in [0, 0.05) is 51.2 Å². The summed E-state index contributed by atoms with van der Waals surface area (Å²) in [5.41, 5.74) is 1.24. The predicted molar refractivity (Wildman–Crippen MR) is 84.5 cm³/mol. The van der Waals surface area contributed by atoms with Crippen LogP contribution in [0.15, 0.2) is 18.3 Å². The minimum atomic E-state index is 0.276. The first-order valence-corrected chi connectivity index (χ1v) is 7.88. The molecule has 1 atom stereocenters. The molecule has 2 rings (SSSR count). The molecule has 5 nitrogen and oxygen atoms in total. The molecule has 1 aliphatic heterocycles. The van der Waals surface area contributed by atoms with Gasteiger partial charge in [0.15, 0.2) is 0 Å². The van der Waals surface area contributed by atoms with Crippen LogP contribution in [0.3, 0.4) is 0 Å². The standard InChI is InChI=1S/C16H27N3O2/c1-21-12-9-17-13-14-5-2-8-18-16(14)19-10-3-6-15(19)7-4-11-20/h2,5,8,15,17,20H,3-4,6-7,9-13H2,1H3. The van der Waals surface area contributed by atoms with Crippen LogP contribution in [0, 0.1) is 0 Å². The SMILES string of the molecule is COCCNCc1cccnc1N1CCCC1CCCO. The summed E-state index contributed by atoms with van der Waals surface area (Å²) in [5, 5.41) is 12.4. The first kappa shape index (κ1) is 16.2. The summed E-state index contributed by atoms with van der Waals surface area (Å²) in [6.07, 6.45) is 6.20. The smallest absolute Gasteiger partial charge is 0.133 e. The fraction of sp³-hybridized carbons (Fsp3) is 0.688. The second-order valence-corrected chi connectivity index (χ2v) is 5.51. The molecule has 118 valence electrons. The number of nitrogens with zero attached hydrogens (tertiary/aromatic N) is 2. The third-order valence-electron chi connectivity index (χ3n) is 4.01. The Labute approximate surface area is 127 Å². The van der Waals surface area contributed by atoms with E-state index in [9.17, 15) is 0 Å². The minimum absolute atomic E-state index is 0.276. The van der Waals surface area contributed by atoms with Gasteiger partial charge in [0.1, 0.15) is 5.82 Å². The van der Waals surface area contributed by atoms with Gasteiger partial charge in [-0.05, 0) is 31.7 Å². The molecule has 0 spiro atoms. The summed E-state index contributed by atoms with van der Waals surface area (Å²) in [5.74, 6) is 1.10. The molecule has 1 fully saturated rings. The van der Waals surface area contributed by atoms with Crippen LogP contribution in [-0.2, 0) is 11.3 Å². The summed E-state index contributed by atoms with van der Waals surface area (Å²) >= 11 is 0. The maximum absolute atomic E-state index is 9.05. The maximum atomic E-state index is 9.05. The molecule has 1 aromatic rings. The highest BCUT2D eigenvalue weighted by Gasteiger charge is 2.26. The van der Waals surface area contributed by atoms with Gasteiger partial charge in [-0.1, -0.05) is 6.07 Å². The Balaban J connectivity index is 2.00. The third-order valence-corrected chi connectivity index (χ3v) is 4.01. The molecular weight excluding hydrogens is 266 g/mol. The Morgan fingerprint density at radius 1 is 1.52 bits per heavy atom. The predicted octanol–water partition coefficient (Wildman–Crippen LogP) is 1.56. The van der Waals surface area contributed by atoms with Gasteiger partial charge in [-0.2, -0.15) is 0 Å². The van der Waals surface area contributed by atoms with Crippen molar-refractivity contribution in [1.29, 1.82) is 0 Å². The van der Waals surface area contributed by atoms with Crippen LogP contribution >= 0.6 is 0 Å². The van der Waals surface area contributed by atoms with Gasteiger partial charge in [-0.3, -0.25) is 0 Å². The molecule has 1 unspecified atom stereocenters. The van der Waals surface area contributed by atoms with E-state index in [1.54, 1.807) is 7.11 Å². The second-order valence-electron chi connectivity index (χ2n) is 5.51. The average Bonchev–Trinajstić information content (AvgIpc) is 2.98. The zero-order chi connectivity index (χ0) is 14.9. The van der Waals surface area contributed by atoms with Crippen molar-refractivity contribution in [3.8, 4) is 0 Å². The lowest BCUT2D eigenvalue weighted by Gasteiger charge is -2.27. The monoisotopic (exact) mass is 293 g/mol. The first-order chi connectivity index (χ1) is 10.4. The number of aliphatic hydroxyl groups is 1. The summed E-state index contributed by atoms with van der Waals surface area (Å²) in [7, 11) is 1.72. The summed E-state index contributed by atoms with van der Waals surface area (Å²) in [6.45, 7) is 3.73. The van der Waals surface area contributed by atoms with Gasteiger partial charge in [0.2, 0.25) is 0 Å². The van der Waals surface area contributed by atoms with E-state index < -0.39 is 0 Å². The van der Waals surface area contributed by atoms with E-state index in [4.69, 9.17) is 9.84 Å². The Morgan fingerprint density at radius 3 is 3.24 bits per heavy atom. The van der Waals surface area contributed by atoms with Crippen LogP contribution in [0.25, 0.3) is 0 Å². The highest BCUT2D eigenvalue weighted by atomic mass is 16.5. The normalized spacial score (nSPS) is 18.4. The highest BCUT2D eigenvalue weighted by molar-refractivity contribution is 5.48. The van der Waals surface area contributed by atoms with Gasteiger partial charge >= 0.3 is 0 Å². The molecule has 5 heteroatoms. The maximum Gasteiger partial charge on any atom is 0.133 e. The number of hydrogen-bond donors (Lipinski definition) is 2. The lowest BCUT2D eigenvalue weighted by atomic mass is 10.1. The number of anilines is 1. The molecule has 1 saturated heterocycles. The van der Waals surface area contributed by atoms with Crippen molar-refractivity contribution < 1.29 is 9.84 Å². The number of nitrogens with one attached hydrogen (secondary N) is 1. The van der Waals surface area contributed by atoms with Crippen LogP contribution < -0.4 is 10.2 Å². The van der Waals surface area contributed by atoms with Crippen LogP contribution in [0.2, 0.25) is 0 Å². The van der Waals surface area contributed by atoms with Crippen LogP contribution in [0.1, 0.15) is 31.2 Å². The van der Waals surface area contributed by atoms with E-state index >= 15 is 0 Å². The third kappa shape index (κ3) is 4.66. The molecule has 21 heavy (non-hydrogen) atoms. The van der Waals surface area contributed by atoms with Gasteiger partial charge in [0.25, 0.3) is 0 Å². The molecule has 1 aliphatic rings. The first-order valence-electron chi connectivity index (χ1n) is 7.88. The number of hydrogen-bond acceptors (Lipinski definition) is 5. The number of methoxy groups -OCH3 is 1. The molecule has 0 amide bonds. The topological polar surface area (TPSA) is 57.6 Å². The van der Waals surface area contributed by atoms with Crippen molar-refractivity contribution in [2.75, 3.05) is 38.3 Å².